The van der Waals surface area contributed by atoms with Gasteiger partial charge in [-0.25, -0.2) is 0 Å². The van der Waals surface area contributed by atoms with Crippen LogP contribution in [-0.4, -0.2) is 61.5 Å². The van der Waals surface area contributed by atoms with E-state index in [9.17, 15) is 9.90 Å². The Kier molecular flexibility index (Phi) is 8.40. The number of aliphatic hydroxyl groups is 1. The molecule has 3 rings (SSSR count). The molecule has 2 N–H and O–H groups in total. The van der Waals surface area contributed by atoms with E-state index in [0.29, 0.717) is 36.0 Å². The molecule has 1 amide bonds. The Bertz CT molecular complexity index is 879. The molecule has 31 heavy (non-hydrogen) atoms. The molecule has 0 saturated carbocycles. The molecule has 1 aliphatic heterocycles. The lowest BCUT2D eigenvalue weighted by Crippen LogP contribution is -2.38. The minimum atomic E-state index is -0.809. The zero-order valence-electron chi connectivity index (χ0n) is 17.8. The van der Waals surface area contributed by atoms with Gasteiger partial charge in [0.1, 0.15) is 36.1 Å². The summed E-state index contributed by atoms with van der Waals surface area (Å²) in [4.78, 5) is 14.4. The molecule has 0 spiro atoms. The summed E-state index contributed by atoms with van der Waals surface area (Å²) in [7, 11) is 1.58. The van der Waals surface area contributed by atoms with Gasteiger partial charge in [0, 0.05) is 49.3 Å². The van der Waals surface area contributed by atoms with Gasteiger partial charge in [-0.2, -0.15) is 0 Å². The van der Waals surface area contributed by atoms with Crippen molar-refractivity contribution in [3.63, 3.8) is 0 Å². The first-order valence-electron chi connectivity index (χ1n) is 10.3. The molecule has 0 fully saturated rings. The Labute approximate surface area is 187 Å². The van der Waals surface area contributed by atoms with E-state index < -0.39 is 6.10 Å². The minimum Gasteiger partial charge on any atom is -0.497 e. The molecule has 0 saturated heterocycles. The van der Waals surface area contributed by atoms with E-state index in [1.54, 1.807) is 19.2 Å². The van der Waals surface area contributed by atoms with Crippen molar-refractivity contribution in [1.82, 2.24) is 10.2 Å². The summed E-state index contributed by atoms with van der Waals surface area (Å²) >= 11 is 6.11. The Morgan fingerprint density at radius 2 is 2.13 bits per heavy atom. The second-order valence-electron chi connectivity index (χ2n) is 7.61. The lowest BCUT2D eigenvalue weighted by molar-refractivity contribution is -0.122. The number of nitrogens with one attached hydrogen (secondary N) is 1. The maximum Gasteiger partial charge on any atom is 0.221 e. The summed E-state index contributed by atoms with van der Waals surface area (Å²) in [6.45, 7) is 4.19. The number of fused-ring (bicyclic) bond motifs is 1. The van der Waals surface area contributed by atoms with Crippen molar-refractivity contribution in [1.29, 1.82) is 0 Å². The lowest BCUT2D eigenvalue weighted by Gasteiger charge is -2.21. The van der Waals surface area contributed by atoms with Crippen LogP contribution in [0.4, 0.5) is 0 Å². The van der Waals surface area contributed by atoms with Crippen molar-refractivity contribution in [3.05, 3.63) is 53.1 Å². The van der Waals surface area contributed by atoms with E-state index in [-0.39, 0.29) is 25.2 Å². The fraction of sp³-hybridized carbons (Fsp3) is 0.435. The molecule has 0 radical (unpaired) electrons. The Morgan fingerprint density at radius 1 is 1.32 bits per heavy atom. The standard InChI is InChI=1S/C23H29ClN2O5/c1-16-13-26(14-17-10-18(24)6-7-22(17)31-16)9-8-23(28)25-12-19(27)15-30-21-5-3-4-20(11-21)29-2/h3-7,10-11,16,19,27H,8-9,12-15H2,1-2H3,(H,25,28). The second-order valence-corrected chi connectivity index (χ2v) is 8.05. The van der Waals surface area contributed by atoms with Crippen LogP contribution in [0.1, 0.15) is 18.9 Å². The molecule has 7 nitrogen and oxygen atoms in total. The van der Waals surface area contributed by atoms with Crippen LogP contribution in [0.5, 0.6) is 17.2 Å². The third kappa shape index (κ3) is 7.31. The maximum absolute atomic E-state index is 12.3. The number of ether oxygens (including phenoxy) is 3. The summed E-state index contributed by atoms with van der Waals surface area (Å²) < 4.78 is 16.6. The van der Waals surface area contributed by atoms with Gasteiger partial charge >= 0.3 is 0 Å². The van der Waals surface area contributed by atoms with Gasteiger partial charge in [0.25, 0.3) is 0 Å². The van der Waals surface area contributed by atoms with Crippen molar-refractivity contribution in [2.75, 3.05) is 33.4 Å². The molecule has 0 bridgehead atoms. The van der Waals surface area contributed by atoms with Gasteiger partial charge in [-0.05, 0) is 37.3 Å². The number of hydrogen-bond donors (Lipinski definition) is 2. The van der Waals surface area contributed by atoms with Crippen molar-refractivity contribution in [2.24, 2.45) is 0 Å². The van der Waals surface area contributed by atoms with Crippen molar-refractivity contribution in [3.8, 4) is 17.2 Å². The van der Waals surface area contributed by atoms with E-state index in [2.05, 4.69) is 10.2 Å². The number of nitrogens with zero attached hydrogens (tertiary/aromatic N) is 1. The first-order chi connectivity index (χ1) is 14.9. The monoisotopic (exact) mass is 448 g/mol. The number of amides is 1. The number of methoxy groups -OCH3 is 1. The van der Waals surface area contributed by atoms with E-state index in [1.165, 1.54) is 0 Å². The number of benzene rings is 2. The number of hydrogen-bond acceptors (Lipinski definition) is 6. The Hall–Kier alpha value is -2.48. The normalized spacial score (nSPS) is 17.1. The summed E-state index contributed by atoms with van der Waals surface area (Å²) in [5.41, 5.74) is 1.02. The topological polar surface area (TPSA) is 80.3 Å². The van der Waals surface area contributed by atoms with Gasteiger partial charge in [0.2, 0.25) is 5.91 Å². The molecule has 0 aromatic heterocycles. The number of rotatable bonds is 9. The maximum atomic E-state index is 12.3. The first-order valence-corrected chi connectivity index (χ1v) is 10.7. The minimum absolute atomic E-state index is 0.0149. The molecule has 2 aromatic carbocycles. The van der Waals surface area contributed by atoms with Gasteiger partial charge in [-0.1, -0.05) is 17.7 Å². The van der Waals surface area contributed by atoms with Gasteiger partial charge in [-0.15, -0.1) is 0 Å². The predicted molar refractivity (Wildman–Crippen MR) is 119 cm³/mol. The number of carbonyl (C=O) groups is 1. The number of carbonyl (C=O) groups excluding carboxylic acids is 1. The summed E-state index contributed by atoms with van der Waals surface area (Å²) in [5.74, 6) is 1.99. The van der Waals surface area contributed by atoms with Crippen LogP contribution < -0.4 is 19.5 Å². The summed E-state index contributed by atoms with van der Waals surface area (Å²) in [6.07, 6.45) is -0.469. The fourth-order valence-electron chi connectivity index (χ4n) is 3.40. The molecule has 1 aliphatic rings. The van der Waals surface area contributed by atoms with E-state index >= 15 is 0 Å². The van der Waals surface area contributed by atoms with Gasteiger partial charge < -0.3 is 24.6 Å². The number of aliphatic hydroxyl groups excluding tert-OH is 1. The van der Waals surface area contributed by atoms with E-state index in [4.69, 9.17) is 25.8 Å². The quantitative estimate of drug-likeness (QED) is 0.614. The van der Waals surface area contributed by atoms with Crippen LogP contribution in [0.3, 0.4) is 0 Å². The highest BCUT2D eigenvalue weighted by Gasteiger charge is 2.21. The molecule has 1 heterocycles. The van der Waals surface area contributed by atoms with Gasteiger partial charge in [0.05, 0.1) is 7.11 Å². The van der Waals surface area contributed by atoms with Gasteiger partial charge in [-0.3, -0.25) is 9.69 Å². The zero-order chi connectivity index (χ0) is 22.2. The van der Waals surface area contributed by atoms with Crippen LogP contribution in [0, 0.1) is 0 Å². The van der Waals surface area contributed by atoms with Crippen LogP contribution in [0.15, 0.2) is 42.5 Å². The summed E-state index contributed by atoms with van der Waals surface area (Å²) in [5, 5.41) is 13.5. The molecule has 2 aromatic rings. The predicted octanol–water partition coefficient (Wildman–Crippen LogP) is 2.88. The average Bonchev–Trinajstić information content (AvgIpc) is 2.92. The van der Waals surface area contributed by atoms with Crippen LogP contribution in [-0.2, 0) is 11.3 Å². The Balaban J connectivity index is 1.40. The number of halogens is 1. The Morgan fingerprint density at radius 3 is 2.94 bits per heavy atom. The summed E-state index contributed by atoms with van der Waals surface area (Å²) in [6, 6.07) is 12.8. The second kappa shape index (κ2) is 11.2. The molecular formula is C23H29ClN2O5. The van der Waals surface area contributed by atoms with E-state index in [1.807, 2.05) is 37.3 Å². The lowest BCUT2D eigenvalue weighted by atomic mass is 10.2. The third-order valence-corrected chi connectivity index (χ3v) is 5.17. The van der Waals surface area contributed by atoms with Crippen molar-refractivity contribution < 1.29 is 24.1 Å². The smallest absolute Gasteiger partial charge is 0.221 e. The highest BCUT2D eigenvalue weighted by Crippen LogP contribution is 2.28. The van der Waals surface area contributed by atoms with Crippen LogP contribution in [0.2, 0.25) is 5.02 Å². The molecule has 2 unspecified atom stereocenters. The highest BCUT2D eigenvalue weighted by atomic mass is 35.5. The highest BCUT2D eigenvalue weighted by molar-refractivity contribution is 6.30. The zero-order valence-corrected chi connectivity index (χ0v) is 18.6. The van der Waals surface area contributed by atoms with Crippen LogP contribution in [0.25, 0.3) is 0 Å². The fourth-order valence-corrected chi connectivity index (χ4v) is 3.60. The largest absolute Gasteiger partial charge is 0.497 e. The average molecular weight is 449 g/mol. The van der Waals surface area contributed by atoms with Crippen molar-refractivity contribution in [2.45, 2.75) is 32.1 Å². The third-order valence-electron chi connectivity index (χ3n) is 4.93. The molecular weight excluding hydrogens is 420 g/mol. The molecule has 2 atom stereocenters. The van der Waals surface area contributed by atoms with Crippen LogP contribution >= 0.6 is 11.6 Å². The molecule has 168 valence electrons. The van der Waals surface area contributed by atoms with Crippen molar-refractivity contribution >= 4 is 17.5 Å². The SMILES string of the molecule is COc1cccc(OCC(O)CNC(=O)CCN2Cc3cc(Cl)ccc3OC(C)C2)c1. The van der Waals surface area contributed by atoms with Gasteiger partial charge in [0.15, 0.2) is 0 Å². The first kappa shape index (κ1) is 23.2. The van der Waals surface area contributed by atoms with E-state index in [0.717, 1.165) is 17.9 Å². The molecule has 0 aliphatic carbocycles. The molecule has 8 heteroatoms.